The smallest absolute Gasteiger partial charge is 0.429 e. The Balaban J connectivity index is 2.80. The Morgan fingerprint density at radius 1 is 1.19 bits per heavy atom. The van der Waals surface area contributed by atoms with E-state index in [9.17, 15) is 27.6 Å². The Kier molecular flexibility index (Phi) is 5.29. The van der Waals surface area contributed by atoms with E-state index in [0.717, 1.165) is 7.11 Å². The number of ether oxygens (including phenoxy) is 2. The number of rotatable bonds is 4. The van der Waals surface area contributed by atoms with Gasteiger partial charge in [-0.2, -0.15) is 13.2 Å². The maximum Gasteiger partial charge on any atom is 0.429 e. The topological polar surface area (TPSA) is 82.0 Å². The van der Waals surface area contributed by atoms with Gasteiger partial charge in [-0.3, -0.25) is 4.79 Å². The van der Waals surface area contributed by atoms with Gasteiger partial charge in [-0.05, 0) is 6.92 Å². The molecule has 0 fully saturated rings. The lowest BCUT2D eigenvalue weighted by Gasteiger charge is -2.33. The van der Waals surface area contributed by atoms with Gasteiger partial charge in [0.2, 0.25) is 5.78 Å². The van der Waals surface area contributed by atoms with E-state index in [-0.39, 0.29) is 12.2 Å². The van der Waals surface area contributed by atoms with Crippen molar-refractivity contribution in [2.24, 2.45) is 4.99 Å². The maximum absolute atomic E-state index is 14.0. The molecule has 0 aliphatic carbocycles. The summed E-state index contributed by atoms with van der Waals surface area (Å²) >= 11 is 0. The van der Waals surface area contributed by atoms with Crippen LogP contribution in [-0.4, -0.2) is 48.9 Å². The lowest BCUT2D eigenvalue weighted by molar-refractivity contribution is -0.199. The first-order valence-electron chi connectivity index (χ1n) is 7.43. The molecule has 26 heavy (non-hydrogen) atoms. The van der Waals surface area contributed by atoms with Gasteiger partial charge in [0.25, 0.3) is 5.54 Å². The van der Waals surface area contributed by atoms with Crippen LogP contribution in [0.25, 0.3) is 0 Å². The number of benzene rings is 1. The number of ketones is 1. The molecule has 1 aliphatic rings. The Morgan fingerprint density at radius 2 is 1.81 bits per heavy atom. The zero-order chi connectivity index (χ0) is 19.5. The largest absolute Gasteiger partial charge is 0.466 e. The number of carbonyl (C=O) groups excluding carboxylic acids is 3. The fourth-order valence-electron chi connectivity index (χ4n) is 2.43. The minimum atomic E-state index is -5.35. The molecule has 1 unspecified atom stereocenters. The molecule has 2 rings (SSSR count). The van der Waals surface area contributed by atoms with E-state index in [4.69, 9.17) is 0 Å². The molecule has 0 spiro atoms. The van der Waals surface area contributed by atoms with Crippen molar-refractivity contribution in [3.05, 3.63) is 47.5 Å². The van der Waals surface area contributed by atoms with Crippen molar-refractivity contribution >= 4 is 23.4 Å². The number of allylic oxidation sites excluding steroid dienone is 1. The fourth-order valence-corrected chi connectivity index (χ4v) is 2.43. The lowest BCUT2D eigenvalue weighted by atomic mass is 9.84. The summed E-state index contributed by atoms with van der Waals surface area (Å²) < 4.78 is 50.7. The van der Waals surface area contributed by atoms with Gasteiger partial charge >= 0.3 is 18.1 Å². The summed E-state index contributed by atoms with van der Waals surface area (Å²) in [5.74, 6) is -4.27. The van der Waals surface area contributed by atoms with Crippen LogP contribution < -0.4 is 0 Å². The molecular formula is C17H14F3NO5. The number of aliphatic imine (C=N–C) groups is 1. The second-order valence-corrected chi connectivity index (χ2v) is 5.17. The Bertz CT molecular complexity index is 798. The number of dihydropyridines is 1. The van der Waals surface area contributed by atoms with E-state index in [0.29, 0.717) is 6.08 Å². The predicted molar refractivity (Wildman–Crippen MR) is 83.5 cm³/mol. The minimum absolute atomic E-state index is 0.0654. The molecule has 1 aromatic rings. The van der Waals surface area contributed by atoms with Crippen molar-refractivity contribution in [1.82, 2.24) is 0 Å². The zero-order valence-electron chi connectivity index (χ0n) is 13.8. The van der Waals surface area contributed by atoms with Crippen molar-refractivity contribution in [3.8, 4) is 0 Å². The van der Waals surface area contributed by atoms with Gasteiger partial charge < -0.3 is 9.47 Å². The summed E-state index contributed by atoms with van der Waals surface area (Å²) in [5.41, 5.74) is -5.47. The molecule has 138 valence electrons. The van der Waals surface area contributed by atoms with Crippen molar-refractivity contribution < 1.29 is 37.0 Å². The van der Waals surface area contributed by atoms with E-state index < -0.39 is 40.7 Å². The molecule has 0 saturated heterocycles. The van der Waals surface area contributed by atoms with Crippen LogP contribution in [0.15, 0.2) is 47.0 Å². The van der Waals surface area contributed by atoms with Crippen molar-refractivity contribution in [2.45, 2.75) is 18.6 Å². The average Bonchev–Trinajstić information content (AvgIpc) is 2.60. The average molecular weight is 369 g/mol. The summed E-state index contributed by atoms with van der Waals surface area (Å²) in [4.78, 5) is 39.9. The molecule has 0 bridgehead atoms. The number of hydrogen-bond acceptors (Lipinski definition) is 6. The summed E-state index contributed by atoms with van der Waals surface area (Å²) in [6, 6.07) is 7.30. The number of halogens is 3. The highest BCUT2D eigenvalue weighted by molar-refractivity contribution is 6.51. The number of esters is 2. The molecule has 1 aliphatic heterocycles. The first kappa shape index (κ1) is 19.4. The van der Waals surface area contributed by atoms with Crippen molar-refractivity contribution in [1.29, 1.82) is 0 Å². The SMILES string of the molecule is CCOC(=O)C1(C(F)(F)F)N=C(c2ccccc2)C(=O)C=C1C(=O)OC. The first-order valence-corrected chi connectivity index (χ1v) is 7.43. The van der Waals surface area contributed by atoms with Crippen LogP contribution in [0.1, 0.15) is 12.5 Å². The lowest BCUT2D eigenvalue weighted by Crippen LogP contribution is -2.57. The standard InChI is InChI=1S/C17H14F3NO5/c1-3-26-15(24)16(17(18,19)20)11(14(23)25-2)9-12(22)13(21-16)10-7-5-4-6-8-10/h4-9H,3H2,1-2H3. The van der Waals surface area contributed by atoms with Gasteiger partial charge in [0.15, 0.2) is 0 Å². The first-order chi connectivity index (χ1) is 12.2. The normalized spacial score (nSPS) is 20.1. The Hall–Kier alpha value is -2.97. The second kappa shape index (κ2) is 7.11. The van der Waals surface area contributed by atoms with Gasteiger partial charge in [-0.1, -0.05) is 30.3 Å². The molecule has 9 heteroatoms. The number of hydrogen-bond donors (Lipinski definition) is 0. The molecule has 1 aromatic carbocycles. The van der Waals surface area contributed by atoms with Crippen LogP contribution in [0.4, 0.5) is 13.2 Å². The minimum Gasteiger partial charge on any atom is -0.466 e. The van der Waals surface area contributed by atoms with E-state index in [2.05, 4.69) is 14.5 Å². The van der Waals surface area contributed by atoms with E-state index in [1.807, 2.05) is 0 Å². The summed E-state index contributed by atoms with van der Waals surface area (Å²) in [6.45, 7) is 0.925. The third kappa shape index (κ3) is 3.12. The number of carbonyl (C=O) groups is 3. The quantitative estimate of drug-likeness (QED) is 0.759. The van der Waals surface area contributed by atoms with Crippen LogP contribution >= 0.6 is 0 Å². The molecule has 0 saturated carbocycles. The highest BCUT2D eigenvalue weighted by Crippen LogP contribution is 2.43. The molecule has 0 aromatic heterocycles. The highest BCUT2D eigenvalue weighted by atomic mass is 19.4. The zero-order valence-corrected chi connectivity index (χ0v) is 13.8. The fraction of sp³-hybridized carbons (Fsp3) is 0.294. The van der Waals surface area contributed by atoms with Crippen LogP contribution in [0.3, 0.4) is 0 Å². The van der Waals surface area contributed by atoms with E-state index in [1.165, 1.54) is 31.2 Å². The van der Waals surface area contributed by atoms with Gasteiger partial charge in [0, 0.05) is 11.6 Å². The third-order valence-electron chi connectivity index (χ3n) is 3.61. The van der Waals surface area contributed by atoms with E-state index >= 15 is 0 Å². The molecule has 0 amide bonds. The molecular weight excluding hydrogens is 355 g/mol. The maximum atomic E-state index is 14.0. The monoisotopic (exact) mass is 369 g/mol. The van der Waals surface area contributed by atoms with Crippen LogP contribution in [0, 0.1) is 0 Å². The van der Waals surface area contributed by atoms with Gasteiger partial charge in [0.1, 0.15) is 5.71 Å². The van der Waals surface area contributed by atoms with Crippen LogP contribution in [0.2, 0.25) is 0 Å². The Labute approximate surface area is 146 Å². The third-order valence-corrected chi connectivity index (χ3v) is 3.61. The molecule has 0 N–H and O–H groups in total. The van der Waals surface area contributed by atoms with Crippen LogP contribution in [0.5, 0.6) is 0 Å². The molecule has 0 radical (unpaired) electrons. The predicted octanol–water partition coefficient (Wildman–Crippen LogP) is 2.02. The summed E-state index contributed by atoms with van der Waals surface area (Å²) in [7, 11) is 0.830. The Morgan fingerprint density at radius 3 is 2.31 bits per heavy atom. The number of methoxy groups -OCH3 is 1. The number of alkyl halides is 3. The van der Waals surface area contributed by atoms with Crippen molar-refractivity contribution in [3.63, 3.8) is 0 Å². The molecule has 6 nitrogen and oxygen atoms in total. The molecule has 1 atom stereocenters. The van der Waals surface area contributed by atoms with Crippen molar-refractivity contribution in [2.75, 3.05) is 13.7 Å². The molecule has 1 heterocycles. The van der Waals surface area contributed by atoms with E-state index in [1.54, 1.807) is 6.07 Å². The van der Waals surface area contributed by atoms with Gasteiger partial charge in [0.05, 0.1) is 19.3 Å². The van der Waals surface area contributed by atoms with Gasteiger partial charge in [-0.15, -0.1) is 0 Å². The van der Waals surface area contributed by atoms with Gasteiger partial charge in [-0.25, -0.2) is 14.6 Å². The summed E-state index contributed by atoms with van der Waals surface area (Å²) in [6.07, 6.45) is -4.93. The van der Waals surface area contributed by atoms with Crippen LogP contribution in [-0.2, 0) is 23.9 Å². The second-order valence-electron chi connectivity index (χ2n) is 5.17. The number of nitrogens with zero attached hydrogens (tertiary/aromatic N) is 1. The summed E-state index contributed by atoms with van der Waals surface area (Å²) in [5, 5.41) is 0. The highest BCUT2D eigenvalue weighted by Gasteiger charge is 2.68.